The molecule has 1 saturated heterocycles. The van der Waals surface area contributed by atoms with E-state index in [1.807, 2.05) is 29.6 Å². The molecule has 5 rings (SSSR count). The van der Waals surface area contributed by atoms with E-state index < -0.39 is 0 Å². The van der Waals surface area contributed by atoms with Gasteiger partial charge in [0.2, 0.25) is 0 Å². The Labute approximate surface area is 186 Å². The summed E-state index contributed by atoms with van der Waals surface area (Å²) < 4.78 is 7.25. The number of amides is 1. The first kappa shape index (κ1) is 20.4. The third kappa shape index (κ3) is 3.66. The molecule has 0 spiro atoms. The number of carbonyl (C=O) groups excluding carboxylic acids is 1. The Morgan fingerprint density at radius 1 is 1.22 bits per heavy atom. The van der Waals surface area contributed by atoms with Crippen molar-refractivity contribution in [3.8, 4) is 11.3 Å². The van der Waals surface area contributed by atoms with Crippen molar-refractivity contribution in [3.63, 3.8) is 0 Å². The highest BCUT2D eigenvalue weighted by Crippen LogP contribution is 2.34. The highest BCUT2D eigenvalue weighted by atomic mass is 16.5. The fourth-order valence-electron chi connectivity index (χ4n) is 4.38. The quantitative estimate of drug-likeness (QED) is 0.477. The molecule has 4 aromatic rings. The normalized spacial score (nSPS) is 15.1. The lowest BCUT2D eigenvalue weighted by atomic mass is 9.92. The lowest BCUT2D eigenvalue weighted by Gasteiger charge is -2.31. The number of piperidine rings is 1. The van der Waals surface area contributed by atoms with Crippen molar-refractivity contribution in [3.05, 3.63) is 60.1 Å². The van der Waals surface area contributed by atoms with E-state index in [0.717, 1.165) is 40.8 Å². The van der Waals surface area contributed by atoms with Crippen LogP contribution >= 0.6 is 0 Å². The summed E-state index contributed by atoms with van der Waals surface area (Å²) in [6.45, 7) is 7.43. The van der Waals surface area contributed by atoms with Crippen LogP contribution in [0.15, 0.2) is 47.5 Å². The van der Waals surface area contributed by atoms with Gasteiger partial charge in [-0.05, 0) is 51.8 Å². The summed E-state index contributed by atoms with van der Waals surface area (Å²) >= 11 is 0. The van der Waals surface area contributed by atoms with Crippen molar-refractivity contribution in [1.82, 2.24) is 29.6 Å². The Kier molecular flexibility index (Phi) is 5.20. The first-order valence-corrected chi connectivity index (χ1v) is 11.0. The van der Waals surface area contributed by atoms with Gasteiger partial charge in [0, 0.05) is 54.8 Å². The van der Waals surface area contributed by atoms with Crippen molar-refractivity contribution in [2.45, 2.75) is 45.6 Å². The van der Waals surface area contributed by atoms with Crippen molar-refractivity contribution >= 4 is 16.9 Å². The summed E-state index contributed by atoms with van der Waals surface area (Å²) in [6.07, 6.45) is 7.19. The van der Waals surface area contributed by atoms with Gasteiger partial charge < -0.3 is 14.0 Å². The maximum atomic E-state index is 12.7. The van der Waals surface area contributed by atoms with Crippen molar-refractivity contribution < 1.29 is 9.32 Å². The summed E-state index contributed by atoms with van der Waals surface area (Å²) in [7, 11) is 0. The van der Waals surface area contributed by atoms with Gasteiger partial charge in [0.1, 0.15) is 11.3 Å². The minimum Gasteiger partial charge on any atom is -0.361 e. The molecule has 0 atom stereocenters. The molecular formula is C24H26N6O2. The monoisotopic (exact) mass is 430 g/mol. The number of nitrogens with zero attached hydrogens (tertiary/aromatic N) is 6. The molecule has 32 heavy (non-hydrogen) atoms. The second kappa shape index (κ2) is 8.18. The second-order valence-electron chi connectivity index (χ2n) is 8.64. The van der Waals surface area contributed by atoms with E-state index in [0.29, 0.717) is 30.6 Å². The fourth-order valence-corrected chi connectivity index (χ4v) is 4.38. The Bertz CT molecular complexity index is 1250. The number of fused-ring (bicyclic) bond motifs is 1. The van der Waals surface area contributed by atoms with E-state index in [9.17, 15) is 4.79 Å². The zero-order chi connectivity index (χ0) is 22.2. The number of carbonyl (C=O) groups is 1. The lowest BCUT2D eigenvalue weighted by Crippen LogP contribution is -2.38. The van der Waals surface area contributed by atoms with E-state index in [2.05, 4.69) is 39.6 Å². The Morgan fingerprint density at radius 3 is 2.69 bits per heavy atom. The molecule has 0 bridgehead atoms. The molecule has 164 valence electrons. The molecule has 1 fully saturated rings. The Hall–Kier alpha value is -3.55. The minimum atomic E-state index is -0.0716. The molecule has 4 aromatic heterocycles. The van der Waals surface area contributed by atoms with Gasteiger partial charge in [-0.15, -0.1) is 0 Å². The molecule has 0 radical (unpaired) electrons. The van der Waals surface area contributed by atoms with Crippen LogP contribution in [-0.4, -0.2) is 48.6 Å². The van der Waals surface area contributed by atoms with Crippen LogP contribution in [0.2, 0.25) is 0 Å². The van der Waals surface area contributed by atoms with E-state index in [4.69, 9.17) is 9.51 Å². The first-order valence-electron chi connectivity index (χ1n) is 11.0. The van der Waals surface area contributed by atoms with Crippen LogP contribution in [0, 0.1) is 6.92 Å². The highest BCUT2D eigenvalue weighted by molar-refractivity contribution is 5.92. The van der Waals surface area contributed by atoms with Crippen molar-refractivity contribution in [2.75, 3.05) is 13.1 Å². The third-order valence-corrected chi connectivity index (χ3v) is 6.12. The molecule has 0 aliphatic carbocycles. The van der Waals surface area contributed by atoms with Gasteiger partial charge in [0.05, 0.1) is 17.5 Å². The summed E-state index contributed by atoms with van der Waals surface area (Å²) in [4.78, 5) is 28.6. The number of likely N-dealkylation sites (tertiary alicyclic amines) is 1. The molecule has 1 amide bonds. The smallest absolute Gasteiger partial charge is 0.276 e. The molecule has 1 aliphatic heterocycles. The molecule has 0 N–H and O–H groups in total. The summed E-state index contributed by atoms with van der Waals surface area (Å²) in [6, 6.07) is 8.10. The number of imidazole rings is 1. The number of aryl methyl sites for hydroxylation is 1. The molecule has 8 heteroatoms. The predicted octanol–water partition coefficient (Wildman–Crippen LogP) is 4.39. The summed E-state index contributed by atoms with van der Waals surface area (Å²) in [5.41, 5.74) is 5.22. The van der Waals surface area contributed by atoms with Crippen LogP contribution in [0.4, 0.5) is 0 Å². The van der Waals surface area contributed by atoms with Gasteiger partial charge in [-0.1, -0.05) is 5.16 Å². The number of hydrogen-bond donors (Lipinski definition) is 0. The second-order valence-corrected chi connectivity index (χ2v) is 8.64. The highest BCUT2D eigenvalue weighted by Gasteiger charge is 2.28. The predicted molar refractivity (Wildman–Crippen MR) is 120 cm³/mol. The van der Waals surface area contributed by atoms with Gasteiger partial charge in [-0.2, -0.15) is 0 Å². The Balaban J connectivity index is 1.45. The molecule has 0 unspecified atom stereocenters. The number of pyridine rings is 2. The summed E-state index contributed by atoms with van der Waals surface area (Å²) in [5.74, 6) is 0.844. The molecule has 0 aromatic carbocycles. The van der Waals surface area contributed by atoms with Crippen LogP contribution in [-0.2, 0) is 0 Å². The van der Waals surface area contributed by atoms with Gasteiger partial charge in [-0.25, -0.2) is 4.98 Å². The van der Waals surface area contributed by atoms with Crippen molar-refractivity contribution in [2.24, 2.45) is 0 Å². The number of aromatic nitrogens is 5. The number of rotatable bonds is 4. The van der Waals surface area contributed by atoms with Gasteiger partial charge in [0.15, 0.2) is 5.69 Å². The molecular weight excluding hydrogens is 404 g/mol. The maximum absolute atomic E-state index is 12.7. The zero-order valence-electron chi connectivity index (χ0n) is 18.5. The van der Waals surface area contributed by atoms with E-state index >= 15 is 0 Å². The third-order valence-electron chi connectivity index (χ3n) is 6.12. The molecule has 0 saturated carbocycles. The van der Waals surface area contributed by atoms with Gasteiger partial charge in [0.25, 0.3) is 5.91 Å². The largest absolute Gasteiger partial charge is 0.361 e. The standard InChI is InChI=1S/C24H26N6O2/c1-15(2)30-14-26-23-21(30)12-19(27-22(23)18-5-4-8-25-13-18)17-6-9-29(10-7-17)24(31)20-11-16(3)32-28-20/h4-5,8,11-15,17H,6-7,9-10H2,1-3H3. The van der Waals surface area contributed by atoms with Crippen LogP contribution in [0.5, 0.6) is 0 Å². The van der Waals surface area contributed by atoms with Crippen LogP contribution in [0.3, 0.4) is 0 Å². The molecule has 1 aliphatic rings. The van der Waals surface area contributed by atoms with Crippen LogP contribution in [0.1, 0.15) is 60.6 Å². The van der Waals surface area contributed by atoms with Crippen LogP contribution < -0.4 is 0 Å². The molecule has 8 nitrogen and oxygen atoms in total. The van der Waals surface area contributed by atoms with Crippen LogP contribution in [0.25, 0.3) is 22.3 Å². The van der Waals surface area contributed by atoms with Gasteiger partial charge >= 0.3 is 0 Å². The summed E-state index contributed by atoms with van der Waals surface area (Å²) in [5, 5.41) is 3.87. The average Bonchev–Trinajstić information content (AvgIpc) is 3.45. The minimum absolute atomic E-state index is 0.0716. The number of hydrogen-bond acceptors (Lipinski definition) is 6. The first-order chi connectivity index (χ1) is 15.5. The van der Waals surface area contributed by atoms with Gasteiger partial charge in [-0.3, -0.25) is 14.8 Å². The zero-order valence-corrected chi connectivity index (χ0v) is 18.5. The molecule has 5 heterocycles. The van der Waals surface area contributed by atoms with E-state index in [1.54, 1.807) is 19.2 Å². The van der Waals surface area contributed by atoms with E-state index in [-0.39, 0.29) is 11.8 Å². The van der Waals surface area contributed by atoms with Crippen molar-refractivity contribution in [1.29, 1.82) is 0 Å². The lowest BCUT2D eigenvalue weighted by molar-refractivity contribution is 0.0701. The SMILES string of the molecule is Cc1cc(C(=O)N2CCC(c3cc4c(ncn4C(C)C)c(-c4cccnc4)n3)CC2)no1. The Morgan fingerprint density at radius 2 is 2.03 bits per heavy atom. The fraction of sp³-hybridized carbons (Fsp3) is 0.375. The van der Waals surface area contributed by atoms with E-state index in [1.165, 1.54) is 0 Å². The topological polar surface area (TPSA) is 89.9 Å². The average molecular weight is 431 g/mol. The maximum Gasteiger partial charge on any atom is 0.276 e.